The second-order valence-electron chi connectivity index (χ2n) is 10.5. The van der Waals surface area contributed by atoms with E-state index in [4.69, 9.17) is 5.73 Å². The Morgan fingerprint density at radius 1 is 1.00 bits per heavy atom. The summed E-state index contributed by atoms with van der Waals surface area (Å²) in [6, 6.07) is 11.9. The molecule has 2 fully saturated rings. The fourth-order valence-corrected chi connectivity index (χ4v) is 5.18. The van der Waals surface area contributed by atoms with Gasteiger partial charge in [0.25, 0.3) is 11.8 Å². The van der Waals surface area contributed by atoms with Crippen LogP contribution in [-0.4, -0.2) is 78.6 Å². The SMILES string of the molecule is CC(C)C[C@H](NC(=O)c1ccc(N(C)C)cc1)C(=O)N1CC[C@@H]2[C@H]1C(=O)CN2C(=O)c1ccc(N)cc1. The highest BCUT2D eigenvalue weighted by Gasteiger charge is 2.52. The predicted octanol–water partition coefficient (Wildman–Crippen LogP) is 2.17. The lowest BCUT2D eigenvalue weighted by atomic mass is 10.0. The summed E-state index contributed by atoms with van der Waals surface area (Å²) >= 11 is 0. The van der Waals surface area contributed by atoms with Crippen LogP contribution in [0, 0.1) is 5.92 Å². The smallest absolute Gasteiger partial charge is 0.254 e. The Labute approximate surface area is 217 Å². The molecule has 3 atom stereocenters. The Morgan fingerprint density at radius 2 is 1.62 bits per heavy atom. The van der Waals surface area contributed by atoms with Crippen LogP contribution in [0.15, 0.2) is 48.5 Å². The second kappa shape index (κ2) is 10.6. The fourth-order valence-electron chi connectivity index (χ4n) is 5.18. The van der Waals surface area contributed by atoms with Crippen molar-refractivity contribution in [1.82, 2.24) is 15.1 Å². The van der Waals surface area contributed by atoms with Crippen LogP contribution >= 0.6 is 0 Å². The van der Waals surface area contributed by atoms with E-state index in [2.05, 4.69) is 5.32 Å². The van der Waals surface area contributed by atoms with Gasteiger partial charge in [0.2, 0.25) is 5.91 Å². The number of ketones is 1. The predicted molar refractivity (Wildman–Crippen MR) is 142 cm³/mol. The normalized spacial score (nSPS) is 19.6. The van der Waals surface area contributed by atoms with E-state index in [1.807, 2.05) is 45.0 Å². The van der Waals surface area contributed by atoms with E-state index >= 15 is 0 Å². The van der Waals surface area contributed by atoms with Crippen molar-refractivity contribution in [3.63, 3.8) is 0 Å². The van der Waals surface area contributed by atoms with Gasteiger partial charge in [-0.2, -0.15) is 0 Å². The number of fused-ring (bicyclic) bond motifs is 1. The molecule has 2 aliphatic rings. The fraction of sp³-hybridized carbons (Fsp3) is 0.429. The van der Waals surface area contributed by atoms with Crippen molar-refractivity contribution in [3.05, 3.63) is 59.7 Å². The Kier molecular flexibility index (Phi) is 7.52. The molecule has 9 heteroatoms. The van der Waals surface area contributed by atoms with Gasteiger partial charge in [-0.25, -0.2) is 0 Å². The molecule has 2 aromatic rings. The third kappa shape index (κ3) is 5.45. The van der Waals surface area contributed by atoms with Crippen LogP contribution in [0.4, 0.5) is 11.4 Å². The minimum Gasteiger partial charge on any atom is -0.399 e. The van der Waals surface area contributed by atoms with Crippen molar-refractivity contribution in [3.8, 4) is 0 Å². The van der Waals surface area contributed by atoms with Crippen LogP contribution in [0.1, 0.15) is 47.4 Å². The van der Waals surface area contributed by atoms with E-state index in [0.29, 0.717) is 36.2 Å². The molecule has 37 heavy (non-hydrogen) atoms. The van der Waals surface area contributed by atoms with Gasteiger partial charge in [0.15, 0.2) is 5.78 Å². The highest BCUT2D eigenvalue weighted by atomic mass is 16.2. The van der Waals surface area contributed by atoms with Crippen molar-refractivity contribution in [1.29, 1.82) is 0 Å². The van der Waals surface area contributed by atoms with E-state index < -0.39 is 12.1 Å². The van der Waals surface area contributed by atoms with E-state index in [1.165, 1.54) is 0 Å². The number of nitrogens with one attached hydrogen (secondary N) is 1. The quantitative estimate of drug-likeness (QED) is 0.557. The van der Waals surface area contributed by atoms with Gasteiger partial charge in [-0.15, -0.1) is 0 Å². The standard InChI is InChI=1S/C28H35N5O4/c1-17(2)15-22(30-26(35)18-7-11-21(12-8-18)31(3)4)28(37)32-14-13-23-25(32)24(34)16-33(23)27(36)19-5-9-20(29)10-6-19/h5-12,17,22-23,25H,13-16,29H2,1-4H3,(H,30,35)/t22-,23+,25-/m0/s1. The minimum atomic E-state index is -0.769. The van der Waals surface area contributed by atoms with Crippen molar-refractivity contribution >= 4 is 34.9 Å². The lowest BCUT2D eigenvalue weighted by Crippen LogP contribution is -2.53. The monoisotopic (exact) mass is 505 g/mol. The molecular weight excluding hydrogens is 470 g/mol. The Hall–Kier alpha value is -3.88. The molecule has 0 aromatic heterocycles. The number of benzene rings is 2. The zero-order valence-corrected chi connectivity index (χ0v) is 21.8. The van der Waals surface area contributed by atoms with E-state index in [0.717, 1.165) is 5.69 Å². The topological polar surface area (TPSA) is 116 Å². The van der Waals surface area contributed by atoms with Crippen molar-refractivity contribution in [2.75, 3.05) is 37.8 Å². The summed E-state index contributed by atoms with van der Waals surface area (Å²) in [5, 5.41) is 2.90. The molecule has 0 aliphatic carbocycles. The Balaban J connectivity index is 1.49. The van der Waals surface area contributed by atoms with Crippen molar-refractivity contribution in [2.24, 2.45) is 5.92 Å². The number of amides is 3. The first kappa shape index (κ1) is 26.2. The average Bonchev–Trinajstić information content (AvgIpc) is 3.44. The number of rotatable bonds is 7. The molecule has 4 rings (SSSR count). The zero-order chi connectivity index (χ0) is 26.9. The molecule has 3 N–H and O–H groups in total. The molecule has 2 saturated heterocycles. The number of hydrogen-bond acceptors (Lipinski definition) is 6. The maximum absolute atomic E-state index is 13.7. The Morgan fingerprint density at radius 3 is 2.22 bits per heavy atom. The van der Waals surface area contributed by atoms with Gasteiger partial charge >= 0.3 is 0 Å². The van der Waals surface area contributed by atoms with Crippen LogP contribution in [0.25, 0.3) is 0 Å². The third-order valence-corrected chi connectivity index (χ3v) is 7.08. The minimum absolute atomic E-state index is 0.0399. The van der Waals surface area contributed by atoms with Gasteiger partial charge in [0.1, 0.15) is 12.1 Å². The number of nitrogen functional groups attached to an aromatic ring is 1. The van der Waals surface area contributed by atoms with Crippen LogP contribution in [0.2, 0.25) is 0 Å². The molecule has 2 aromatic carbocycles. The average molecular weight is 506 g/mol. The van der Waals surface area contributed by atoms with Crippen LogP contribution in [0.5, 0.6) is 0 Å². The maximum atomic E-state index is 13.7. The van der Waals surface area contributed by atoms with Gasteiger partial charge in [0.05, 0.1) is 12.6 Å². The molecule has 2 heterocycles. The van der Waals surface area contributed by atoms with E-state index in [-0.39, 0.29) is 42.0 Å². The van der Waals surface area contributed by atoms with E-state index in [1.54, 1.807) is 46.2 Å². The molecule has 0 spiro atoms. The van der Waals surface area contributed by atoms with Gasteiger partial charge in [-0.3, -0.25) is 19.2 Å². The maximum Gasteiger partial charge on any atom is 0.254 e. The lowest BCUT2D eigenvalue weighted by Gasteiger charge is -2.29. The van der Waals surface area contributed by atoms with Crippen molar-refractivity contribution in [2.45, 2.75) is 44.8 Å². The summed E-state index contributed by atoms with van der Waals surface area (Å²) < 4.78 is 0. The largest absolute Gasteiger partial charge is 0.399 e. The molecule has 0 unspecified atom stereocenters. The summed E-state index contributed by atoms with van der Waals surface area (Å²) in [6.45, 7) is 4.28. The summed E-state index contributed by atoms with van der Waals surface area (Å²) in [7, 11) is 3.84. The number of Topliss-reactive ketones (excluding diaryl/α,β-unsaturated/α-hetero) is 1. The summed E-state index contributed by atoms with van der Waals surface area (Å²) in [6.07, 6.45) is 0.952. The molecule has 9 nitrogen and oxygen atoms in total. The molecule has 3 amide bonds. The second-order valence-corrected chi connectivity index (χ2v) is 10.5. The van der Waals surface area contributed by atoms with Crippen LogP contribution in [-0.2, 0) is 9.59 Å². The van der Waals surface area contributed by atoms with Gasteiger partial charge in [0, 0.05) is 43.1 Å². The van der Waals surface area contributed by atoms with E-state index in [9.17, 15) is 19.2 Å². The molecule has 0 saturated carbocycles. The molecule has 0 bridgehead atoms. The lowest BCUT2D eigenvalue weighted by molar-refractivity contribution is -0.138. The first-order valence-corrected chi connectivity index (χ1v) is 12.6. The highest BCUT2D eigenvalue weighted by molar-refractivity contribution is 6.03. The van der Waals surface area contributed by atoms with Crippen molar-refractivity contribution < 1.29 is 19.2 Å². The number of anilines is 2. The van der Waals surface area contributed by atoms with Crippen LogP contribution in [0.3, 0.4) is 0 Å². The zero-order valence-electron chi connectivity index (χ0n) is 21.8. The van der Waals surface area contributed by atoms with Gasteiger partial charge in [-0.1, -0.05) is 13.8 Å². The number of hydrogen-bond donors (Lipinski definition) is 2. The highest BCUT2D eigenvalue weighted by Crippen LogP contribution is 2.32. The van der Waals surface area contributed by atoms with Gasteiger partial charge < -0.3 is 25.8 Å². The molecule has 2 aliphatic heterocycles. The Bertz CT molecular complexity index is 1180. The summed E-state index contributed by atoms with van der Waals surface area (Å²) in [5.41, 5.74) is 8.17. The summed E-state index contributed by atoms with van der Waals surface area (Å²) in [4.78, 5) is 58.0. The van der Waals surface area contributed by atoms with Crippen LogP contribution < -0.4 is 16.0 Å². The molecular formula is C28H35N5O4. The summed E-state index contributed by atoms with van der Waals surface area (Å²) in [5.74, 6) is -0.879. The number of likely N-dealkylation sites (tertiary alicyclic amines) is 2. The first-order valence-electron chi connectivity index (χ1n) is 12.6. The first-order chi connectivity index (χ1) is 17.6. The third-order valence-electron chi connectivity index (χ3n) is 7.08. The van der Waals surface area contributed by atoms with Gasteiger partial charge in [-0.05, 0) is 67.3 Å². The molecule has 196 valence electrons. The number of nitrogens with zero attached hydrogens (tertiary/aromatic N) is 3. The number of carbonyl (C=O) groups is 4. The molecule has 0 radical (unpaired) electrons. The number of nitrogens with two attached hydrogens (primary N) is 1. The number of carbonyl (C=O) groups excluding carboxylic acids is 4.